The molecule has 0 spiro atoms. The number of para-hydroxylation sites is 1. The van der Waals surface area contributed by atoms with Crippen molar-refractivity contribution >= 4 is 22.8 Å². The zero-order valence-electron chi connectivity index (χ0n) is 20.9. The quantitative estimate of drug-likeness (QED) is 0.277. The Bertz CT molecular complexity index is 1520. The van der Waals surface area contributed by atoms with Crippen molar-refractivity contribution in [1.82, 2.24) is 29.7 Å². The molecule has 2 aromatic carbocycles. The number of amidine groups is 1. The van der Waals surface area contributed by atoms with Gasteiger partial charge in [0.15, 0.2) is 11.5 Å². The van der Waals surface area contributed by atoms with Gasteiger partial charge in [0.25, 0.3) is 5.91 Å². The summed E-state index contributed by atoms with van der Waals surface area (Å²) in [5, 5.41) is 10.9. The molecule has 4 heterocycles. The number of imidazole rings is 2. The van der Waals surface area contributed by atoms with Crippen molar-refractivity contribution in [2.24, 2.45) is 7.05 Å². The highest BCUT2D eigenvalue weighted by Gasteiger charge is 2.22. The molecule has 10 heteroatoms. The molecule has 2 aliphatic heterocycles. The summed E-state index contributed by atoms with van der Waals surface area (Å²) in [6, 6.07) is 11.4. The van der Waals surface area contributed by atoms with Crippen molar-refractivity contribution in [3.05, 3.63) is 70.6 Å². The lowest BCUT2D eigenvalue weighted by molar-refractivity contribution is 0.0954. The van der Waals surface area contributed by atoms with Crippen LogP contribution in [0.5, 0.6) is 11.5 Å². The number of carbonyl (C=O) groups is 1. The van der Waals surface area contributed by atoms with Gasteiger partial charge >= 0.3 is 0 Å². The fraction of sp³-hybridized carbons (Fsp3) is 0.333. The first-order chi connectivity index (χ1) is 18.0. The molecule has 2 aromatic heterocycles. The molecule has 0 saturated heterocycles. The Morgan fingerprint density at radius 3 is 2.97 bits per heavy atom. The minimum atomic E-state index is -0.126. The Hall–Kier alpha value is -4.34. The number of H-pyrrole nitrogens is 1. The molecule has 0 radical (unpaired) electrons. The molecule has 1 amide bonds. The third kappa shape index (κ3) is 4.39. The van der Waals surface area contributed by atoms with Gasteiger partial charge in [0, 0.05) is 32.1 Å². The number of aromatic amines is 1. The molecule has 4 aromatic rings. The molecule has 0 atom stereocenters. The highest BCUT2D eigenvalue weighted by Crippen LogP contribution is 2.35. The van der Waals surface area contributed by atoms with Gasteiger partial charge in [0.1, 0.15) is 11.6 Å². The number of carbonyl (C=O) groups excluding carboxylic acids is 1. The van der Waals surface area contributed by atoms with E-state index < -0.39 is 0 Å². The molecule has 3 N–H and O–H groups in total. The first kappa shape index (κ1) is 23.1. The first-order valence-electron chi connectivity index (χ1n) is 12.4. The molecule has 2 aliphatic rings. The number of hydrogen-bond donors (Lipinski definition) is 3. The van der Waals surface area contributed by atoms with Crippen LogP contribution in [0.25, 0.3) is 11.0 Å². The van der Waals surface area contributed by atoms with Crippen LogP contribution in [-0.2, 0) is 32.9 Å². The average Bonchev–Trinajstić information content (AvgIpc) is 3.61. The zero-order valence-corrected chi connectivity index (χ0v) is 20.9. The fourth-order valence-corrected chi connectivity index (χ4v) is 5.01. The van der Waals surface area contributed by atoms with E-state index in [2.05, 4.69) is 10.3 Å². The summed E-state index contributed by atoms with van der Waals surface area (Å²) in [6.07, 6.45) is 2.05. The summed E-state index contributed by atoms with van der Waals surface area (Å²) < 4.78 is 13.0. The van der Waals surface area contributed by atoms with Crippen LogP contribution in [0, 0.1) is 5.41 Å². The number of aromatic nitrogens is 4. The van der Waals surface area contributed by atoms with Gasteiger partial charge in [-0.25, -0.2) is 9.97 Å². The molecule has 0 unspecified atom stereocenters. The number of benzene rings is 2. The summed E-state index contributed by atoms with van der Waals surface area (Å²) in [5.41, 5.74) is 5.50. The van der Waals surface area contributed by atoms with Crippen molar-refractivity contribution in [1.29, 1.82) is 5.41 Å². The summed E-state index contributed by atoms with van der Waals surface area (Å²) in [4.78, 5) is 27.9. The van der Waals surface area contributed by atoms with Crippen LogP contribution in [0.2, 0.25) is 0 Å². The second kappa shape index (κ2) is 9.27. The Morgan fingerprint density at radius 2 is 2.11 bits per heavy atom. The Labute approximate surface area is 214 Å². The van der Waals surface area contributed by atoms with E-state index in [-0.39, 0.29) is 12.7 Å². The molecule has 10 nitrogen and oxygen atoms in total. The minimum Gasteiger partial charge on any atom is -0.454 e. The standard InChI is InChI=1S/C27H29N7O3/c1-16(28)34-11-9-19-21(14-34)31-24(30-19)13-25-32-20-7-6-18(12-22(20)33(25)2)27(35)29-10-8-17-4-3-5-23-26(17)37-15-36-23/h3-7,12,28H,8-11,13-15H2,1-2H3,(H,29,35)(H,30,31). The molecule has 190 valence electrons. The number of aryl methyl sites for hydroxylation is 1. The number of nitrogens with zero attached hydrogens (tertiary/aromatic N) is 4. The van der Waals surface area contributed by atoms with Crippen LogP contribution in [0.4, 0.5) is 0 Å². The highest BCUT2D eigenvalue weighted by molar-refractivity contribution is 5.97. The van der Waals surface area contributed by atoms with Crippen molar-refractivity contribution in [2.75, 3.05) is 19.9 Å². The van der Waals surface area contributed by atoms with E-state index >= 15 is 0 Å². The summed E-state index contributed by atoms with van der Waals surface area (Å²) in [5.74, 6) is 3.70. The first-order valence-corrected chi connectivity index (χ1v) is 12.4. The van der Waals surface area contributed by atoms with Crippen LogP contribution in [0.15, 0.2) is 36.4 Å². The van der Waals surface area contributed by atoms with E-state index in [1.165, 1.54) is 0 Å². The third-order valence-electron chi connectivity index (χ3n) is 7.07. The maximum absolute atomic E-state index is 12.9. The third-order valence-corrected chi connectivity index (χ3v) is 7.07. The Balaban J connectivity index is 1.14. The normalized spacial score (nSPS) is 14.2. The monoisotopic (exact) mass is 499 g/mol. The van der Waals surface area contributed by atoms with Gasteiger partial charge in [-0.15, -0.1) is 0 Å². The van der Waals surface area contributed by atoms with Crippen molar-refractivity contribution in [3.63, 3.8) is 0 Å². The smallest absolute Gasteiger partial charge is 0.251 e. The van der Waals surface area contributed by atoms with E-state index in [1.54, 1.807) is 0 Å². The molecule has 0 saturated carbocycles. The van der Waals surface area contributed by atoms with Gasteiger partial charge in [-0.1, -0.05) is 12.1 Å². The maximum atomic E-state index is 12.9. The van der Waals surface area contributed by atoms with Crippen molar-refractivity contribution in [3.8, 4) is 11.5 Å². The van der Waals surface area contributed by atoms with Gasteiger partial charge in [-0.2, -0.15) is 0 Å². The zero-order chi connectivity index (χ0) is 25.5. The van der Waals surface area contributed by atoms with E-state index in [1.807, 2.05) is 59.8 Å². The summed E-state index contributed by atoms with van der Waals surface area (Å²) in [6.45, 7) is 4.04. The minimum absolute atomic E-state index is 0.126. The van der Waals surface area contributed by atoms with Crippen LogP contribution < -0.4 is 14.8 Å². The van der Waals surface area contributed by atoms with Crippen molar-refractivity contribution < 1.29 is 14.3 Å². The predicted molar refractivity (Wildman–Crippen MR) is 138 cm³/mol. The molecule has 0 bridgehead atoms. The number of fused-ring (bicyclic) bond motifs is 3. The lowest BCUT2D eigenvalue weighted by atomic mass is 10.1. The summed E-state index contributed by atoms with van der Waals surface area (Å²) in [7, 11) is 1.97. The number of ether oxygens (including phenoxy) is 2. The van der Waals surface area contributed by atoms with Gasteiger partial charge in [0.05, 0.1) is 41.2 Å². The average molecular weight is 500 g/mol. The molecule has 0 fully saturated rings. The van der Waals surface area contributed by atoms with Crippen LogP contribution in [0.1, 0.15) is 45.9 Å². The van der Waals surface area contributed by atoms with Gasteiger partial charge < -0.3 is 29.2 Å². The lowest BCUT2D eigenvalue weighted by Gasteiger charge is -2.26. The van der Waals surface area contributed by atoms with Crippen LogP contribution >= 0.6 is 0 Å². The SMILES string of the molecule is CC(=N)N1CCc2nc(Cc3nc4ccc(C(=O)NCCc5cccc6c5OCO6)cc4n3C)[nH]c2C1. The number of nitrogens with one attached hydrogen (secondary N) is 3. The van der Waals surface area contributed by atoms with Gasteiger partial charge in [-0.3, -0.25) is 10.2 Å². The number of hydrogen-bond acceptors (Lipinski definition) is 6. The second-order valence-electron chi connectivity index (χ2n) is 9.49. The Morgan fingerprint density at radius 1 is 1.22 bits per heavy atom. The van der Waals surface area contributed by atoms with E-state index in [4.69, 9.17) is 24.9 Å². The lowest BCUT2D eigenvalue weighted by Crippen LogP contribution is -2.33. The summed E-state index contributed by atoms with van der Waals surface area (Å²) >= 11 is 0. The molecular weight excluding hydrogens is 470 g/mol. The molecular formula is C27H29N7O3. The van der Waals surface area contributed by atoms with Crippen LogP contribution in [0.3, 0.4) is 0 Å². The van der Waals surface area contributed by atoms with E-state index in [0.29, 0.717) is 37.3 Å². The predicted octanol–water partition coefficient (Wildman–Crippen LogP) is 2.94. The maximum Gasteiger partial charge on any atom is 0.251 e. The molecule has 37 heavy (non-hydrogen) atoms. The highest BCUT2D eigenvalue weighted by atomic mass is 16.7. The topological polar surface area (TPSA) is 121 Å². The van der Waals surface area contributed by atoms with Gasteiger partial charge in [0.2, 0.25) is 6.79 Å². The van der Waals surface area contributed by atoms with Crippen LogP contribution in [-0.4, -0.2) is 56.0 Å². The largest absolute Gasteiger partial charge is 0.454 e. The van der Waals surface area contributed by atoms with E-state index in [0.717, 1.165) is 64.1 Å². The second-order valence-corrected chi connectivity index (χ2v) is 9.49. The number of rotatable bonds is 6. The molecule has 0 aliphatic carbocycles. The molecule has 6 rings (SSSR count). The van der Waals surface area contributed by atoms with Crippen molar-refractivity contribution in [2.45, 2.75) is 32.7 Å². The van der Waals surface area contributed by atoms with Gasteiger partial charge in [-0.05, 0) is 43.2 Å². The van der Waals surface area contributed by atoms with E-state index in [9.17, 15) is 4.79 Å². The Kier molecular flexibility index (Phi) is 5.78. The fourth-order valence-electron chi connectivity index (χ4n) is 5.01. The number of amides is 1.